The highest BCUT2D eigenvalue weighted by atomic mass is 16.5. The number of benzene rings is 2. The van der Waals surface area contributed by atoms with Crippen LogP contribution in [0, 0.1) is 0 Å². The summed E-state index contributed by atoms with van der Waals surface area (Å²) in [4.78, 5) is 12.4. The molecular weight excluding hydrogens is 322 g/mol. The van der Waals surface area contributed by atoms with Crippen molar-refractivity contribution in [1.82, 2.24) is 5.43 Å². The average Bonchev–Trinajstić information content (AvgIpc) is 2.64. The summed E-state index contributed by atoms with van der Waals surface area (Å²) in [6.45, 7) is 1.79. The molecule has 3 N–H and O–H groups in total. The Labute approximate surface area is 146 Å². The summed E-state index contributed by atoms with van der Waals surface area (Å²) in [6.07, 6.45) is 0. The van der Waals surface area contributed by atoms with Crippen LogP contribution >= 0.6 is 0 Å². The number of carbonyl (C=O) groups excluding carboxylic acids is 1. The van der Waals surface area contributed by atoms with Crippen molar-refractivity contribution >= 4 is 17.3 Å². The molecule has 0 aromatic heterocycles. The van der Waals surface area contributed by atoms with Crippen molar-refractivity contribution in [3.8, 4) is 17.2 Å². The molecule has 2 aromatic carbocycles. The monoisotopic (exact) mass is 343 g/mol. The maximum atomic E-state index is 12.4. The second kappa shape index (κ2) is 8.05. The third-order valence-corrected chi connectivity index (χ3v) is 3.58. The molecule has 0 unspecified atom stereocenters. The highest BCUT2D eigenvalue weighted by Crippen LogP contribution is 2.38. The summed E-state index contributed by atoms with van der Waals surface area (Å²) in [5.74, 6) is 0.814. The number of hydrazone groups is 1. The van der Waals surface area contributed by atoms with E-state index in [1.54, 1.807) is 31.2 Å². The lowest BCUT2D eigenvalue weighted by Crippen LogP contribution is -2.19. The first-order valence-electron chi connectivity index (χ1n) is 7.50. The Hall–Kier alpha value is -3.22. The van der Waals surface area contributed by atoms with E-state index in [0.29, 0.717) is 34.2 Å². The molecule has 0 radical (unpaired) electrons. The number of nitrogens with zero attached hydrogens (tertiary/aromatic N) is 1. The summed E-state index contributed by atoms with van der Waals surface area (Å²) >= 11 is 0. The number of ether oxygens (including phenoxy) is 3. The van der Waals surface area contributed by atoms with E-state index in [1.807, 2.05) is 12.1 Å². The molecule has 0 atom stereocenters. The van der Waals surface area contributed by atoms with Crippen LogP contribution in [-0.4, -0.2) is 32.9 Å². The fourth-order valence-corrected chi connectivity index (χ4v) is 2.20. The Bertz CT molecular complexity index is 760. The fraction of sp³-hybridized carbons (Fsp3) is 0.222. The van der Waals surface area contributed by atoms with Gasteiger partial charge in [0, 0.05) is 11.3 Å². The number of carbonyl (C=O) groups is 1. The first-order chi connectivity index (χ1) is 12.0. The Balaban J connectivity index is 2.23. The van der Waals surface area contributed by atoms with Gasteiger partial charge in [0.15, 0.2) is 11.5 Å². The van der Waals surface area contributed by atoms with Crippen LogP contribution in [0.15, 0.2) is 41.5 Å². The molecule has 0 bridgehead atoms. The van der Waals surface area contributed by atoms with Gasteiger partial charge < -0.3 is 19.9 Å². The minimum Gasteiger partial charge on any atom is -0.493 e. The second-order valence-corrected chi connectivity index (χ2v) is 5.17. The van der Waals surface area contributed by atoms with Crippen molar-refractivity contribution in [3.05, 3.63) is 47.5 Å². The van der Waals surface area contributed by atoms with Crippen LogP contribution in [0.3, 0.4) is 0 Å². The van der Waals surface area contributed by atoms with Crippen LogP contribution in [0.25, 0.3) is 0 Å². The lowest BCUT2D eigenvalue weighted by molar-refractivity contribution is 0.0954. The van der Waals surface area contributed by atoms with Crippen LogP contribution in [-0.2, 0) is 0 Å². The maximum Gasteiger partial charge on any atom is 0.271 e. The number of hydrogen-bond donors (Lipinski definition) is 2. The van der Waals surface area contributed by atoms with Gasteiger partial charge in [-0.25, -0.2) is 5.43 Å². The minimum atomic E-state index is -0.394. The number of anilines is 1. The third kappa shape index (κ3) is 4.20. The molecule has 0 saturated heterocycles. The van der Waals surface area contributed by atoms with E-state index in [9.17, 15) is 4.79 Å². The van der Waals surface area contributed by atoms with Crippen molar-refractivity contribution in [3.63, 3.8) is 0 Å². The number of rotatable bonds is 6. The topological polar surface area (TPSA) is 95.2 Å². The molecule has 25 heavy (non-hydrogen) atoms. The standard InChI is InChI=1S/C18H21N3O4/c1-11(12-5-7-14(19)8-6-12)20-21-18(22)13-9-15(23-2)17(25-4)16(10-13)24-3/h5-10H,19H2,1-4H3,(H,21,22)/b20-11-. The molecule has 0 saturated carbocycles. The van der Waals surface area contributed by atoms with E-state index in [1.165, 1.54) is 21.3 Å². The highest BCUT2D eigenvalue weighted by molar-refractivity contribution is 6.01. The average molecular weight is 343 g/mol. The number of nitrogens with one attached hydrogen (secondary N) is 1. The molecule has 0 aliphatic carbocycles. The molecule has 0 spiro atoms. The number of hydrogen-bond acceptors (Lipinski definition) is 6. The minimum absolute atomic E-state index is 0.336. The van der Waals surface area contributed by atoms with Gasteiger partial charge in [0.1, 0.15) is 0 Å². The number of methoxy groups -OCH3 is 3. The molecule has 0 fully saturated rings. The predicted octanol–water partition coefficient (Wildman–Crippen LogP) is 2.45. The highest BCUT2D eigenvalue weighted by Gasteiger charge is 2.16. The first-order valence-corrected chi connectivity index (χ1v) is 7.50. The second-order valence-electron chi connectivity index (χ2n) is 5.17. The van der Waals surface area contributed by atoms with Crippen molar-refractivity contribution in [1.29, 1.82) is 0 Å². The number of nitrogens with two attached hydrogens (primary N) is 1. The molecule has 132 valence electrons. The third-order valence-electron chi connectivity index (χ3n) is 3.58. The van der Waals surface area contributed by atoms with Gasteiger partial charge in [-0.2, -0.15) is 5.10 Å². The van der Waals surface area contributed by atoms with E-state index >= 15 is 0 Å². The number of amides is 1. The van der Waals surface area contributed by atoms with Gasteiger partial charge in [0.05, 0.1) is 27.0 Å². The molecule has 7 heteroatoms. The van der Waals surface area contributed by atoms with Crippen LogP contribution < -0.4 is 25.4 Å². The van der Waals surface area contributed by atoms with Crippen LogP contribution in [0.4, 0.5) is 5.69 Å². The quantitative estimate of drug-likeness (QED) is 0.477. The van der Waals surface area contributed by atoms with Crippen molar-refractivity contribution in [2.75, 3.05) is 27.1 Å². The van der Waals surface area contributed by atoms with E-state index in [4.69, 9.17) is 19.9 Å². The Morgan fingerprint density at radius 3 is 2.00 bits per heavy atom. The molecule has 0 aliphatic rings. The van der Waals surface area contributed by atoms with Crippen molar-refractivity contribution in [2.24, 2.45) is 5.10 Å². The molecule has 2 rings (SSSR count). The van der Waals surface area contributed by atoms with Gasteiger partial charge in [0.25, 0.3) is 5.91 Å². The lowest BCUT2D eigenvalue weighted by atomic mass is 10.1. The van der Waals surface area contributed by atoms with Gasteiger partial charge in [0.2, 0.25) is 5.75 Å². The van der Waals surface area contributed by atoms with Crippen LogP contribution in [0.5, 0.6) is 17.2 Å². The van der Waals surface area contributed by atoms with Crippen LogP contribution in [0.2, 0.25) is 0 Å². The number of nitrogen functional groups attached to an aromatic ring is 1. The van der Waals surface area contributed by atoms with Crippen LogP contribution in [0.1, 0.15) is 22.8 Å². The Morgan fingerprint density at radius 1 is 0.960 bits per heavy atom. The Morgan fingerprint density at radius 2 is 1.52 bits per heavy atom. The lowest BCUT2D eigenvalue weighted by Gasteiger charge is -2.13. The molecule has 0 aliphatic heterocycles. The maximum absolute atomic E-state index is 12.4. The molecule has 0 heterocycles. The zero-order valence-corrected chi connectivity index (χ0v) is 14.6. The molecule has 1 amide bonds. The van der Waals surface area contributed by atoms with E-state index in [0.717, 1.165) is 5.56 Å². The van der Waals surface area contributed by atoms with Gasteiger partial charge >= 0.3 is 0 Å². The zero-order valence-electron chi connectivity index (χ0n) is 14.6. The van der Waals surface area contributed by atoms with E-state index < -0.39 is 5.91 Å². The normalized spacial score (nSPS) is 11.0. The first kappa shape index (κ1) is 18.1. The summed E-state index contributed by atoms with van der Waals surface area (Å²) in [7, 11) is 4.48. The van der Waals surface area contributed by atoms with Gasteiger partial charge in [-0.15, -0.1) is 0 Å². The smallest absolute Gasteiger partial charge is 0.271 e. The predicted molar refractivity (Wildman–Crippen MR) is 96.6 cm³/mol. The van der Waals surface area contributed by atoms with E-state index in [2.05, 4.69) is 10.5 Å². The van der Waals surface area contributed by atoms with Gasteiger partial charge in [-0.1, -0.05) is 12.1 Å². The van der Waals surface area contributed by atoms with Gasteiger partial charge in [-0.05, 0) is 36.8 Å². The Kier molecular flexibility index (Phi) is 5.84. The van der Waals surface area contributed by atoms with E-state index in [-0.39, 0.29) is 0 Å². The van der Waals surface area contributed by atoms with Gasteiger partial charge in [-0.3, -0.25) is 4.79 Å². The summed E-state index contributed by atoms with van der Waals surface area (Å²) in [6, 6.07) is 10.3. The molecule has 7 nitrogen and oxygen atoms in total. The summed E-state index contributed by atoms with van der Waals surface area (Å²) in [5, 5.41) is 4.12. The SMILES string of the molecule is COc1cc(C(=O)N/N=C(/C)c2ccc(N)cc2)cc(OC)c1OC. The van der Waals surface area contributed by atoms with Crippen molar-refractivity contribution < 1.29 is 19.0 Å². The fourth-order valence-electron chi connectivity index (χ4n) is 2.20. The zero-order chi connectivity index (χ0) is 18.4. The summed E-state index contributed by atoms with van der Waals surface area (Å²) < 4.78 is 15.7. The summed E-state index contributed by atoms with van der Waals surface area (Å²) in [5.41, 5.74) is 10.7. The van der Waals surface area contributed by atoms with Crippen molar-refractivity contribution in [2.45, 2.75) is 6.92 Å². The largest absolute Gasteiger partial charge is 0.493 e. The molecular formula is C18H21N3O4. The molecule has 2 aromatic rings.